The fourth-order valence-corrected chi connectivity index (χ4v) is 4.34. The number of carbonyl (C=O) groups excluding carboxylic acids is 1. The SMILES string of the molecule is COc1ccc(CN2CCC[C@@H]([C@@H](NC(=O)C3CC3)c3ccccn3)C2)c(OC)c1. The van der Waals surface area contributed by atoms with Gasteiger partial charge < -0.3 is 14.8 Å². The molecule has 2 atom stereocenters. The minimum absolute atomic E-state index is 0.0418. The zero-order valence-corrected chi connectivity index (χ0v) is 17.8. The molecule has 2 heterocycles. The maximum Gasteiger partial charge on any atom is 0.223 e. The Morgan fingerprint density at radius 1 is 1.20 bits per heavy atom. The predicted octanol–water partition coefficient (Wildman–Crippen LogP) is 3.58. The Morgan fingerprint density at radius 3 is 2.77 bits per heavy atom. The van der Waals surface area contributed by atoms with Crippen molar-refractivity contribution in [2.75, 3.05) is 27.3 Å². The molecule has 0 radical (unpaired) electrons. The monoisotopic (exact) mass is 409 g/mol. The molecule has 1 aromatic carbocycles. The molecular weight excluding hydrogens is 378 g/mol. The summed E-state index contributed by atoms with van der Waals surface area (Å²) in [5, 5.41) is 3.32. The highest BCUT2D eigenvalue weighted by atomic mass is 16.5. The summed E-state index contributed by atoms with van der Waals surface area (Å²) < 4.78 is 10.9. The quantitative estimate of drug-likeness (QED) is 0.722. The van der Waals surface area contributed by atoms with Gasteiger partial charge in [-0.05, 0) is 56.3 Å². The third-order valence-electron chi connectivity index (χ3n) is 6.15. The van der Waals surface area contributed by atoms with E-state index in [1.807, 2.05) is 36.5 Å². The minimum Gasteiger partial charge on any atom is -0.497 e. The van der Waals surface area contributed by atoms with Gasteiger partial charge in [-0.25, -0.2) is 0 Å². The van der Waals surface area contributed by atoms with E-state index in [0.29, 0.717) is 5.92 Å². The van der Waals surface area contributed by atoms with Crippen LogP contribution in [0, 0.1) is 11.8 Å². The summed E-state index contributed by atoms with van der Waals surface area (Å²) in [6, 6.07) is 11.9. The molecule has 1 saturated heterocycles. The number of aromatic nitrogens is 1. The molecule has 30 heavy (non-hydrogen) atoms. The lowest BCUT2D eigenvalue weighted by molar-refractivity contribution is -0.123. The van der Waals surface area contributed by atoms with Crippen molar-refractivity contribution in [3.63, 3.8) is 0 Å². The van der Waals surface area contributed by atoms with Crippen molar-refractivity contribution in [3.8, 4) is 11.5 Å². The number of carbonyl (C=O) groups is 1. The average molecular weight is 410 g/mol. The van der Waals surface area contributed by atoms with Crippen LogP contribution in [0.5, 0.6) is 11.5 Å². The summed E-state index contributed by atoms with van der Waals surface area (Å²) in [5.74, 6) is 2.35. The van der Waals surface area contributed by atoms with E-state index in [1.54, 1.807) is 14.2 Å². The molecule has 2 fully saturated rings. The summed E-state index contributed by atoms with van der Waals surface area (Å²) in [6.45, 7) is 2.77. The Balaban J connectivity index is 1.49. The molecule has 1 saturated carbocycles. The molecule has 1 aliphatic carbocycles. The van der Waals surface area contributed by atoms with Crippen LogP contribution in [0.4, 0.5) is 0 Å². The van der Waals surface area contributed by atoms with Crippen LogP contribution < -0.4 is 14.8 Å². The number of methoxy groups -OCH3 is 2. The molecule has 160 valence electrons. The van der Waals surface area contributed by atoms with Gasteiger partial charge in [0.25, 0.3) is 0 Å². The summed E-state index contributed by atoms with van der Waals surface area (Å²) in [6.07, 6.45) is 6.02. The number of nitrogens with zero attached hydrogens (tertiary/aromatic N) is 2. The molecule has 0 spiro atoms. The number of pyridine rings is 1. The fraction of sp³-hybridized carbons (Fsp3) is 0.500. The van der Waals surface area contributed by atoms with Gasteiger partial charge in [-0.2, -0.15) is 0 Å². The number of ether oxygens (including phenoxy) is 2. The van der Waals surface area contributed by atoms with Gasteiger partial charge in [0.2, 0.25) is 5.91 Å². The number of hydrogen-bond donors (Lipinski definition) is 1. The Kier molecular flexibility index (Phi) is 6.53. The van der Waals surface area contributed by atoms with Gasteiger partial charge in [0, 0.05) is 36.8 Å². The zero-order valence-electron chi connectivity index (χ0n) is 17.8. The molecular formula is C24H31N3O3. The van der Waals surface area contributed by atoms with E-state index in [9.17, 15) is 4.79 Å². The van der Waals surface area contributed by atoms with Gasteiger partial charge in [-0.15, -0.1) is 0 Å². The van der Waals surface area contributed by atoms with Crippen molar-refractivity contribution >= 4 is 5.91 Å². The smallest absolute Gasteiger partial charge is 0.223 e. The number of amides is 1. The van der Waals surface area contributed by atoms with Gasteiger partial charge >= 0.3 is 0 Å². The van der Waals surface area contributed by atoms with E-state index < -0.39 is 0 Å². The van der Waals surface area contributed by atoms with Gasteiger partial charge in [0.05, 0.1) is 26.0 Å². The number of hydrogen-bond acceptors (Lipinski definition) is 5. The Hall–Kier alpha value is -2.60. The maximum atomic E-state index is 12.6. The first-order chi connectivity index (χ1) is 14.7. The Labute approximate surface area is 178 Å². The van der Waals surface area contributed by atoms with Crippen LogP contribution in [-0.2, 0) is 11.3 Å². The number of piperidine rings is 1. The van der Waals surface area contributed by atoms with E-state index in [1.165, 1.54) is 0 Å². The number of nitrogens with one attached hydrogen (secondary N) is 1. The zero-order chi connectivity index (χ0) is 20.9. The maximum absolute atomic E-state index is 12.6. The second-order valence-corrected chi connectivity index (χ2v) is 8.33. The third kappa shape index (κ3) is 4.93. The fourth-order valence-electron chi connectivity index (χ4n) is 4.34. The van der Waals surface area contributed by atoms with Crippen molar-refractivity contribution in [2.24, 2.45) is 11.8 Å². The van der Waals surface area contributed by atoms with Gasteiger partial charge in [0.1, 0.15) is 11.5 Å². The van der Waals surface area contributed by atoms with Crippen molar-refractivity contribution in [1.82, 2.24) is 15.2 Å². The Bertz CT molecular complexity index is 854. The first kappa shape index (κ1) is 20.7. The summed E-state index contributed by atoms with van der Waals surface area (Å²) in [5.41, 5.74) is 2.11. The second kappa shape index (κ2) is 9.47. The van der Waals surface area contributed by atoms with E-state index in [2.05, 4.69) is 21.3 Å². The molecule has 1 aliphatic heterocycles. The van der Waals surface area contributed by atoms with E-state index in [4.69, 9.17) is 9.47 Å². The predicted molar refractivity (Wildman–Crippen MR) is 115 cm³/mol. The van der Waals surface area contributed by atoms with Crippen LogP contribution in [0.15, 0.2) is 42.6 Å². The molecule has 0 unspecified atom stereocenters. The molecule has 1 aromatic heterocycles. The van der Waals surface area contributed by atoms with Gasteiger partial charge in [0.15, 0.2) is 0 Å². The first-order valence-corrected chi connectivity index (χ1v) is 10.8. The number of likely N-dealkylation sites (tertiary alicyclic amines) is 1. The molecule has 4 rings (SSSR count). The lowest BCUT2D eigenvalue weighted by atomic mass is 9.88. The van der Waals surface area contributed by atoms with Crippen LogP contribution in [0.1, 0.15) is 43.0 Å². The third-order valence-corrected chi connectivity index (χ3v) is 6.15. The lowest BCUT2D eigenvalue weighted by Crippen LogP contribution is -2.43. The molecule has 1 amide bonds. The van der Waals surface area contributed by atoms with Crippen LogP contribution >= 0.6 is 0 Å². The van der Waals surface area contributed by atoms with Crippen LogP contribution in [0.2, 0.25) is 0 Å². The lowest BCUT2D eigenvalue weighted by Gasteiger charge is -2.37. The summed E-state index contributed by atoms with van der Waals surface area (Å²) in [7, 11) is 3.36. The highest BCUT2D eigenvalue weighted by Crippen LogP contribution is 2.34. The first-order valence-electron chi connectivity index (χ1n) is 10.8. The van der Waals surface area contributed by atoms with Crippen molar-refractivity contribution in [3.05, 3.63) is 53.9 Å². The highest BCUT2D eigenvalue weighted by Gasteiger charge is 2.35. The average Bonchev–Trinajstić information content (AvgIpc) is 3.64. The molecule has 2 aliphatic rings. The largest absolute Gasteiger partial charge is 0.497 e. The number of rotatable bonds is 8. The Morgan fingerprint density at radius 2 is 2.07 bits per heavy atom. The topological polar surface area (TPSA) is 63.7 Å². The molecule has 6 heteroatoms. The molecule has 6 nitrogen and oxygen atoms in total. The van der Waals surface area contributed by atoms with Gasteiger partial charge in [-0.1, -0.05) is 12.1 Å². The molecule has 1 N–H and O–H groups in total. The number of benzene rings is 1. The van der Waals surface area contributed by atoms with Crippen LogP contribution in [0.25, 0.3) is 0 Å². The van der Waals surface area contributed by atoms with Crippen molar-refractivity contribution in [2.45, 2.75) is 38.3 Å². The van der Waals surface area contributed by atoms with E-state index >= 15 is 0 Å². The van der Waals surface area contributed by atoms with Crippen molar-refractivity contribution in [1.29, 1.82) is 0 Å². The van der Waals surface area contributed by atoms with Crippen molar-refractivity contribution < 1.29 is 14.3 Å². The van der Waals surface area contributed by atoms with Crippen LogP contribution in [-0.4, -0.2) is 43.1 Å². The normalized spacial score (nSPS) is 20.4. The molecule has 0 bridgehead atoms. The second-order valence-electron chi connectivity index (χ2n) is 8.33. The minimum atomic E-state index is -0.0418. The van der Waals surface area contributed by atoms with Gasteiger partial charge in [-0.3, -0.25) is 14.7 Å². The highest BCUT2D eigenvalue weighted by molar-refractivity contribution is 5.81. The summed E-state index contributed by atoms with van der Waals surface area (Å²) in [4.78, 5) is 19.6. The van der Waals surface area contributed by atoms with E-state index in [0.717, 1.165) is 68.1 Å². The van der Waals surface area contributed by atoms with E-state index in [-0.39, 0.29) is 17.9 Å². The standard InChI is InChI=1S/C24H31N3O3/c1-29-20-11-10-18(22(14-20)30-2)15-27-13-5-6-19(16-27)23(21-7-3-4-12-25-21)26-24(28)17-8-9-17/h3-4,7,10-12,14,17,19,23H,5-6,8-9,13,15-16H2,1-2H3,(H,26,28)/t19-,23-/m1/s1. The molecule has 2 aromatic rings. The summed E-state index contributed by atoms with van der Waals surface area (Å²) >= 11 is 0. The van der Waals surface area contributed by atoms with Crippen LogP contribution in [0.3, 0.4) is 0 Å².